The van der Waals surface area contributed by atoms with Gasteiger partial charge in [-0.05, 0) is 49.2 Å². The van der Waals surface area contributed by atoms with E-state index in [9.17, 15) is 17.6 Å². The number of sulfonamides is 1. The van der Waals surface area contributed by atoms with Gasteiger partial charge in [0.25, 0.3) is 0 Å². The van der Waals surface area contributed by atoms with E-state index >= 15 is 0 Å². The van der Waals surface area contributed by atoms with Gasteiger partial charge in [-0.2, -0.15) is 0 Å². The van der Waals surface area contributed by atoms with Gasteiger partial charge in [0.1, 0.15) is 12.4 Å². The molecule has 0 unspecified atom stereocenters. The predicted octanol–water partition coefficient (Wildman–Crippen LogP) is 3.43. The third-order valence-electron chi connectivity index (χ3n) is 3.88. The minimum atomic E-state index is -3.68. The van der Waals surface area contributed by atoms with Crippen LogP contribution in [0.2, 0.25) is 5.02 Å². The SMILES string of the molecule is Cc1ccc(N(CC(=O)N[C@@H](C)c2ccc(F)cc2)S(C)(=O)=O)cc1Cl. The molecule has 0 saturated heterocycles. The topological polar surface area (TPSA) is 66.5 Å². The maximum Gasteiger partial charge on any atom is 0.241 e. The molecule has 1 N–H and O–H groups in total. The molecule has 2 aromatic carbocycles. The van der Waals surface area contributed by atoms with Crippen LogP contribution in [0.1, 0.15) is 24.1 Å². The lowest BCUT2D eigenvalue weighted by Crippen LogP contribution is -2.41. The Kier molecular flexibility index (Phi) is 6.26. The van der Waals surface area contributed by atoms with E-state index in [1.165, 1.54) is 18.2 Å². The number of benzene rings is 2. The summed E-state index contributed by atoms with van der Waals surface area (Å²) < 4.78 is 38.2. The van der Waals surface area contributed by atoms with Crippen molar-refractivity contribution in [3.05, 3.63) is 64.4 Å². The van der Waals surface area contributed by atoms with E-state index in [-0.39, 0.29) is 12.4 Å². The molecule has 0 heterocycles. The third-order valence-corrected chi connectivity index (χ3v) is 5.43. The lowest BCUT2D eigenvalue weighted by molar-refractivity contribution is -0.120. The summed E-state index contributed by atoms with van der Waals surface area (Å²) in [7, 11) is -3.68. The highest BCUT2D eigenvalue weighted by atomic mass is 35.5. The van der Waals surface area contributed by atoms with Gasteiger partial charge >= 0.3 is 0 Å². The number of hydrogen-bond acceptors (Lipinski definition) is 3. The highest BCUT2D eigenvalue weighted by Crippen LogP contribution is 2.25. The number of rotatable bonds is 6. The molecule has 0 spiro atoms. The van der Waals surface area contributed by atoms with Crippen molar-refractivity contribution in [2.75, 3.05) is 17.1 Å². The Morgan fingerprint density at radius 2 is 1.85 bits per heavy atom. The van der Waals surface area contributed by atoms with Crippen LogP contribution in [0.4, 0.5) is 10.1 Å². The second-order valence-corrected chi connectivity index (χ2v) is 8.36. The summed E-state index contributed by atoms with van der Waals surface area (Å²) in [6.07, 6.45) is 1.03. The van der Waals surface area contributed by atoms with Crippen molar-refractivity contribution in [3.8, 4) is 0 Å². The first kappa shape index (κ1) is 20.2. The molecule has 1 atom stereocenters. The molecule has 5 nitrogen and oxygen atoms in total. The molecule has 0 aliphatic carbocycles. The van der Waals surface area contributed by atoms with E-state index < -0.39 is 22.0 Å². The molecule has 0 bridgehead atoms. The first-order chi connectivity index (χ1) is 12.1. The summed E-state index contributed by atoms with van der Waals surface area (Å²) >= 11 is 6.07. The van der Waals surface area contributed by atoms with Crippen molar-refractivity contribution in [2.45, 2.75) is 19.9 Å². The van der Waals surface area contributed by atoms with Gasteiger partial charge in [-0.3, -0.25) is 9.10 Å². The molecule has 1 amide bonds. The number of amides is 1. The van der Waals surface area contributed by atoms with E-state index in [1.54, 1.807) is 38.1 Å². The number of halogens is 2. The van der Waals surface area contributed by atoms with Crippen LogP contribution in [-0.4, -0.2) is 27.1 Å². The highest BCUT2D eigenvalue weighted by Gasteiger charge is 2.22. The number of hydrogen-bond donors (Lipinski definition) is 1. The van der Waals surface area contributed by atoms with Crippen molar-refractivity contribution in [2.24, 2.45) is 0 Å². The fourth-order valence-corrected chi connectivity index (χ4v) is 3.41. The maximum atomic E-state index is 13.0. The van der Waals surface area contributed by atoms with Crippen molar-refractivity contribution in [1.82, 2.24) is 5.32 Å². The summed E-state index contributed by atoms with van der Waals surface area (Å²) in [5.74, 6) is -0.851. The summed E-state index contributed by atoms with van der Waals surface area (Å²) in [6, 6.07) is 10.1. The molecule has 8 heteroatoms. The van der Waals surface area contributed by atoms with Gasteiger partial charge in [0.05, 0.1) is 18.0 Å². The van der Waals surface area contributed by atoms with Crippen LogP contribution in [-0.2, 0) is 14.8 Å². The first-order valence-electron chi connectivity index (χ1n) is 7.86. The Balaban J connectivity index is 2.16. The maximum absolute atomic E-state index is 13.0. The van der Waals surface area contributed by atoms with Crippen LogP contribution in [0.15, 0.2) is 42.5 Å². The monoisotopic (exact) mass is 398 g/mol. The number of nitrogens with one attached hydrogen (secondary N) is 1. The van der Waals surface area contributed by atoms with Gasteiger partial charge in [-0.1, -0.05) is 29.8 Å². The lowest BCUT2D eigenvalue weighted by atomic mass is 10.1. The molecule has 0 radical (unpaired) electrons. The summed E-state index contributed by atoms with van der Waals surface area (Å²) in [6.45, 7) is 3.15. The van der Waals surface area contributed by atoms with E-state index in [1.807, 2.05) is 0 Å². The lowest BCUT2D eigenvalue weighted by Gasteiger charge is -2.23. The molecule has 140 valence electrons. The summed E-state index contributed by atoms with van der Waals surface area (Å²) in [5, 5.41) is 3.13. The molecule has 2 aromatic rings. The number of aryl methyl sites for hydroxylation is 1. The van der Waals surface area contributed by atoms with Crippen LogP contribution in [0.25, 0.3) is 0 Å². The molecule has 0 aliphatic heterocycles. The quantitative estimate of drug-likeness (QED) is 0.810. The zero-order valence-electron chi connectivity index (χ0n) is 14.7. The predicted molar refractivity (Wildman–Crippen MR) is 101 cm³/mol. The van der Waals surface area contributed by atoms with Crippen molar-refractivity contribution in [3.63, 3.8) is 0 Å². The summed E-state index contributed by atoms with van der Waals surface area (Å²) in [4.78, 5) is 12.4. The van der Waals surface area contributed by atoms with Gasteiger partial charge in [0.15, 0.2) is 0 Å². The van der Waals surface area contributed by atoms with Crippen molar-refractivity contribution >= 4 is 33.2 Å². The smallest absolute Gasteiger partial charge is 0.241 e. The first-order valence-corrected chi connectivity index (χ1v) is 10.1. The van der Waals surface area contributed by atoms with E-state index in [0.717, 1.165) is 16.1 Å². The van der Waals surface area contributed by atoms with Crippen molar-refractivity contribution in [1.29, 1.82) is 0 Å². The van der Waals surface area contributed by atoms with Gasteiger partial charge in [-0.25, -0.2) is 12.8 Å². The second kappa shape index (κ2) is 8.05. The largest absolute Gasteiger partial charge is 0.348 e. The molecule has 0 aliphatic rings. The Labute approximate surface area is 157 Å². The normalized spacial score (nSPS) is 12.5. The Bertz CT molecular complexity index is 901. The summed E-state index contributed by atoms with van der Waals surface area (Å²) in [5.41, 5.74) is 1.83. The number of nitrogens with zero attached hydrogens (tertiary/aromatic N) is 1. The fourth-order valence-electron chi connectivity index (χ4n) is 2.39. The van der Waals surface area contributed by atoms with Gasteiger partial charge in [-0.15, -0.1) is 0 Å². The van der Waals surface area contributed by atoms with Crippen LogP contribution < -0.4 is 9.62 Å². The standard InChI is InChI=1S/C18H20ClFN2O3S/c1-12-4-9-16(10-17(12)19)22(26(3,24)25)11-18(23)21-13(2)14-5-7-15(20)8-6-14/h4-10,13H,11H2,1-3H3,(H,21,23)/t13-/m0/s1. The van der Waals surface area contributed by atoms with Crippen LogP contribution in [0.5, 0.6) is 0 Å². The Hall–Kier alpha value is -2.12. The molecule has 0 saturated carbocycles. The molecule has 0 aromatic heterocycles. The molecular weight excluding hydrogens is 379 g/mol. The molecule has 26 heavy (non-hydrogen) atoms. The Morgan fingerprint density at radius 1 is 1.23 bits per heavy atom. The number of carbonyl (C=O) groups excluding carboxylic acids is 1. The van der Waals surface area contributed by atoms with E-state index in [2.05, 4.69) is 5.32 Å². The minimum absolute atomic E-state index is 0.313. The van der Waals surface area contributed by atoms with Crippen LogP contribution >= 0.6 is 11.6 Å². The minimum Gasteiger partial charge on any atom is -0.348 e. The van der Waals surface area contributed by atoms with Crippen molar-refractivity contribution < 1.29 is 17.6 Å². The zero-order valence-corrected chi connectivity index (χ0v) is 16.2. The van der Waals surface area contributed by atoms with Gasteiger partial charge in [0.2, 0.25) is 15.9 Å². The molecule has 0 fully saturated rings. The number of carbonyl (C=O) groups is 1. The van der Waals surface area contributed by atoms with Gasteiger partial charge < -0.3 is 5.32 Å². The molecule has 2 rings (SSSR count). The average molecular weight is 399 g/mol. The van der Waals surface area contributed by atoms with E-state index in [4.69, 9.17) is 11.6 Å². The highest BCUT2D eigenvalue weighted by molar-refractivity contribution is 7.92. The second-order valence-electron chi connectivity index (χ2n) is 6.04. The van der Waals surface area contributed by atoms with Gasteiger partial charge in [0, 0.05) is 5.02 Å². The fraction of sp³-hybridized carbons (Fsp3) is 0.278. The van der Waals surface area contributed by atoms with Crippen LogP contribution in [0.3, 0.4) is 0 Å². The number of anilines is 1. The van der Waals surface area contributed by atoms with E-state index in [0.29, 0.717) is 16.3 Å². The Morgan fingerprint density at radius 3 is 2.38 bits per heavy atom. The van der Waals surface area contributed by atoms with Crippen LogP contribution in [0, 0.1) is 12.7 Å². The zero-order chi connectivity index (χ0) is 19.5. The molecular formula is C18H20ClFN2O3S. The average Bonchev–Trinajstić information content (AvgIpc) is 2.55. The third kappa shape index (κ3) is 5.19.